The Morgan fingerprint density at radius 2 is 1.94 bits per heavy atom. The molecule has 0 radical (unpaired) electrons. The van der Waals surface area contributed by atoms with Crippen LogP contribution in [0.2, 0.25) is 0 Å². The summed E-state index contributed by atoms with van der Waals surface area (Å²) in [5.74, 6) is -0.921. The standard InChI is InChI=1S/C12H21NO4/c1-17-9-12(7-2-3-8-12)13-10(14)5-4-6-11(15)16/h2-9H2,1H3,(H,13,14)(H,15,16). The highest BCUT2D eigenvalue weighted by molar-refractivity contribution is 5.77. The predicted octanol–water partition coefficient (Wildman–Crippen LogP) is 1.32. The van der Waals surface area contributed by atoms with E-state index in [0.717, 1.165) is 25.7 Å². The van der Waals surface area contributed by atoms with Crippen molar-refractivity contribution in [3.8, 4) is 0 Å². The second kappa shape index (κ2) is 6.59. The third-order valence-electron chi connectivity index (χ3n) is 3.18. The molecule has 0 heterocycles. The number of hydrogen-bond donors (Lipinski definition) is 2. The summed E-state index contributed by atoms with van der Waals surface area (Å²) in [5.41, 5.74) is -0.213. The third-order valence-corrected chi connectivity index (χ3v) is 3.18. The Labute approximate surface area is 102 Å². The number of carboxylic acid groups (broad SMARTS) is 1. The number of carbonyl (C=O) groups excluding carboxylic acids is 1. The lowest BCUT2D eigenvalue weighted by Crippen LogP contribution is -2.49. The fourth-order valence-electron chi connectivity index (χ4n) is 2.39. The van der Waals surface area contributed by atoms with Crippen LogP contribution >= 0.6 is 0 Å². The van der Waals surface area contributed by atoms with Gasteiger partial charge in [0.1, 0.15) is 0 Å². The quantitative estimate of drug-likeness (QED) is 0.707. The largest absolute Gasteiger partial charge is 0.481 e. The van der Waals surface area contributed by atoms with Crippen LogP contribution in [0, 0.1) is 0 Å². The van der Waals surface area contributed by atoms with Gasteiger partial charge >= 0.3 is 5.97 Å². The summed E-state index contributed by atoms with van der Waals surface area (Å²) < 4.78 is 5.16. The predicted molar refractivity (Wildman–Crippen MR) is 62.7 cm³/mol. The molecule has 0 unspecified atom stereocenters. The average Bonchev–Trinajstić information content (AvgIpc) is 2.66. The van der Waals surface area contributed by atoms with E-state index in [1.54, 1.807) is 7.11 Å². The highest BCUT2D eigenvalue weighted by Crippen LogP contribution is 2.29. The first-order chi connectivity index (χ1) is 8.08. The molecule has 5 heteroatoms. The highest BCUT2D eigenvalue weighted by atomic mass is 16.5. The van der Waals surface area contributed by atoms with Crippen LogP contribution in [0.4, 0.5) is 0 Å². The van der Waals surface area contributed by atoms with Gasteiger partial charge in [-0.2, -0.15) is 0 Å². The number of nitrogens with one attached hydrogen (secondary N) is 1. The van der Waals surface area contributed by atoms with Crippen LogP contribution in [0.5, 0.6) is 0 Å². The molecule has 1 saturated carbocycles. The monoisotopic (exact) mass is 243 g/mol. The highest BCUT2D eigenvalue weighted by Gasteiger charge is 2.34. The van der Waals surface area contributed by atoms with E-state index < -0.39 is 5.97 Å². The SMILES string of the molecule is COCC1(NC(=O)CCCC(=O)O)CCCC1. The smallest absolute Gasteiger partial charge is 0.303 e. The van der Waals surface area contributed by atoms with Gasteiger partial charge in [0.25, 0.3) is 0 Å². The first kappa shape index (κ1) is 14.0. The van der Waals surface area contributed by atoms with Crippen molar-refractivity contribution in [2.24, 2.45) is 0 Å². The maximum absolute atomic E-state index is 11.7. The molecule has 1 fully saturated rings. The normalized spacial score (nSPS) is 17.9. The summed E-state index contributed by atoms with van der Waals surface area (Å²) in [6.45, 7) is 0.539. The van der Waals surface area contributed by atoms with Crippen LogP contribution in [-0.4, -0.2) is 36.2 Å². The molecule has 0 spiro atoms. The Hall–Kier alpha value is -1.10. The van der Waals surface area contributed by atoms with Gasteiger partial charge in [-0.25, -0.2) is 0 Å². The van der Waals surface area contributed by atoms with Crippen LogP contribution in [-0.2, 0) is 14.3 Å². The number of aliphatic carboxylic acids is 1. The lowest BCUT2D eigenvalue weighted by molar-refractivity contribution is -0.137. The van der Waals surface area contributed by atoms with Crippen molar-refractivity contribution in [3.63, 3.8) is 0 Å². The summed E-state index contributed by atoms with van der Waals surface area (Å²) in [6.07, 6.45) is 4.83. The molecule has 2 N–H and O–H groups in total. The van der Waals surface area contributed by atoms with Crippen molar-refractivity contribution in [2.45, 2.75) is 50.5 Å². The second-order valence-electron chi connectivity index (χ2n) is 4.72. The van der Waals surface area contributed by atoms with Gasteiger partial charge in [-0.15, -0.1) is 0 Å². The molecule has 1 aliphatic rings. The van der Waals surface area contributed by atoms with Gasteiger partial charge in [0, 0.05) is 20.0 Å². The zero-order chi connectivity index (χ0) is 12.7. The molecule has 0 atom stereocenters. The topological polar surface area (TPSA) is 75.6 Å². The lowest BCUT2D eigenvalue weighted by atomic mass is 9.98. The van der Waals surface area contributed by atoms with Gasteiger partial charge < -0.3 is 15.2 Å². The Morgan fingerprint density at radius 1 is 1.29 bits per heavy atom. The fourth-order valence-corrected chi connectivity index (χ4v) is 2.39. The van der Waals surface area contributed by atoms with Crippen molar-refractivity contribution >= 4 is 11.9 Å². The number of hydrogen-bond acceptors (Lipinski definition) is 3. The molecule has 0 saturated heterocycles. The van der Waals surface area contributed by atoms with Crippen LogP contribution in [0.25, 0.3) is 0 Å². The molecule has 17 heavy (non-hydrogen) atoms. The summed E-state index contributed by atoms with van der Waals surface area (Å²) >= 11 is 0. The van der Waals surface area contributed by atoms with E-state index in [1.807, 2.05) is 0 Å². The van der Waals surface area contributed by atoms with Gasteiger partial charge in [-0.3, -0.25) is 9.59 Å². The minimum absolute atomic E-state index is 0.0463. The van der Waals surface area contributed by atoms with E-state index in [2.05, 4.69) is 5.32 Å². The molecular weight excluding hydrogens is 222 g/mol. The van der Waals surface area contributed by atoms with E-state index in [9.17, 15) is 9.59 Å². The molecule has 1 aliphatic carbocycles. The maximum atomic E-state index is 11.7. The van der Waals surface area contributed by atoms with Crippen molar-refractivity contribution in [1.82, 2.24) is 5.32 Å². The minimum atomic E-state index is -0.856. The van der Waals surface area contributed by atoms with Crippen molar-refractivity contribution < 1.29 is 19.4 Å². The minimum Gasteiger partial charge on any atom is -0.481 e. The van der Waals surface area contributed by atoms with E-state index in [1.165, 1.54) is 0 Å². The van der Waals surface area contributed by atoms with Crippen LogP contribution in [0.15, 0.2) is 0 Å². The van der Waals surface area contributed by atoms with Crippen molar-refractivity contribution in [1.29, 1.82) is 0 Å². The zero-order valence-electron chi connectivity index (χ0n) is 10.3. The summed E-state index contributed by atoms with van der Waals surface area (Å²) in [7, 11) is 1.64. The molecule has 0 bridgehead atoms. The molecule has 0 aliphatic heterocycles. The summed E-state index contributed by atoms with van der Waals surface area (Å²) in [5, 5.41) is 11.5. The molecule has 1 amide bonds. The third kappa shape index (κ3) is 4.73. The molecule has 0 aromatic heterocycles. The summed E-state index contributed by atoms with van der Waals surface area (Å²) in [4.78, 5) is 22.0. The van der Waals surface area contributed by atoms with Gasteiger partial charge in [0.05, 0.1) is 12.1 Å². The number of methoxy groups -OCH3 is 1. The average molecular weight is 243 g/mol. The van der Waals surface area contributed by atoms with Crippen LogP contribution in [0.1, 0.15) is 44.9 Å². The number of carbonyl (C=O) groups is 2. The number of amides is 1. The Bertz CT molecular complexity index is 272. The van der Waals surface area contributed by atoms with Gasteiger partial charge in [0.2, 0.25) is 5.91 Å². The Balaban J connectivity index is 2.34. The van der Waals surface area contributed by atoms with E-state index in [0.29, 0.717) is 13.0 Å². The van der Waals surface area contributed by atoms with E-state index in [4.69, 9.17) is 9.84 Å². The van der Waals surface area contributed by atoms with Gasteiger partial charge in [-0.05, 0) is 19.3 Å². The van der Waals surface area contributed by atoms with E-state index >= 15 is 0 Å². The molecule has 98 valence electrons. The molecule has 5 nitrogen and oxygen atoms in total. The van der Waals surface area contributed by atoms with Crippen molar-refractivity contribution in [2.75, 3.05) is 13.7 Å². The van der Waals surface area contributed by atoms with E-state index in [-0.39, 0.29) is 24.3 Å². The number of rotatable bonds is 7. The Kier molecular flexibility index (Phi) is 5.41. The fraction of sp³-hybridized carbons (Fsp3) is 0.833. The lowest BCUT2D eigenvalue weighted by Gasteiger charge is -2.29. The van der Waals surface area contributed by atoms with Gasteiger partial charge in [-0.1, -0.05) is 12.8 Å². The first-order valence-electron chi connectivity index (χ1n) is 6.10. The molecule has 1 rings (SSSR count). The molecule has 0 aromatic rings. The van der Waals surface area contributed by atoms with Crippen LogP contribution in [0.3, 0.4) is 0 Å². The Morgan fingerprint density at radius 3 is 2.47 bits per heavy atom. The maximum Gasteiger partial charge on any atom is 0.303 e. The molecule has 0 aromatic carbocycles. The second-order valence-corrected chi connectivity index (χ2v) is 4.72. The molecular formula is C12H21NO4. The van der Waals surface area contributed by atoms with Gasteiger partial charge in [0.15, 0.2) is 0 Å². The van der Waals surface area contributed by atoms with Crippen molar-refractivity contribution in [3.05, 3.63) is 0 Å². The zero-order valence-corrected chi connectivity index (χ0v) is 10.3. The summed E-state index contributed by atoms with van der Waals surface area (Å²) in [6, 6.07) is 0. The number of ether oxygens (including phenoxy) is 1. The number of carboxylic acids is 1. The van der Waals surface area contributed by atoms with Crippen LogP contribution < -0.4 is 5.32 Å². The first-order valence-corrected chi connectivity index (χ1v) is 6.10.